The summed E-state index contributed by atoms with van der Waals surface area (Å²) >= 11 is 1.69. The van der Waals surface area contributed by atoms with Crippen LogP contribution in [-0.2, 0) is 0 Å². The van der Waals surface area contributed by atoms with Crippen molar-refractivity contribution in [2.75, 3.05) is 23.9 Å². The molecule has 1 aromatic heterocycles. The second-order valence-corrected chi connectivity index (χ2v) is 5.96. The third-order valence-corrected chi connectivity index (χ3v) is 4.08. The molecule has 1 unspecified atom stereocenters. The monoisotopic (exact) mass is 321 g/mol. The molecule has 0 spiro atoms. The normalized spacial score (nSPS) is 12.3. The van der Waals surface area contributed by atoms with Crippen LogP contribution >= 0.6 is 11.8 Å². The van der Waals surface area contributed by atoms with Crippen molar-refractivity contribution in [3.63, 3.8) is 0 Å². The summed E-state index contributed by atoms with van der Waals surface area (Å²) in [5.74, 6) is 0.846. The molecule has 118 valence electrons. The highest BCUT2D eigenvalue weighted by atomic mass is 32.2. The number of nitro benzene ring substituents is 1. The maximum atomic E-state index is 11.2. The van der Waals surface area contributed by atoms with Gasteiger partial charge in [0, 0.05) is 41.2 Å². The Morgan fingerprint density at radius 3 is 2.91 bits per heavy atom. The lowest BCUT2D eigenvalue weighted by atomic mass is 10.1. The molecule has 2 rings (SSSR count). The van der Waals surface area contributed by atoms with Crippen molar-refractivity contribution in [1.82, 2.24) is 4.98 Å². The van der Waals surface area contributed by atoms with Crippen LogP contribution in [0, 0.1) is 17.0 Å². The van der Waals surface area contributed by atoms with Gasteiger partial charge in [0.25, 0.3) is 5.69 Å². The number of thioether (sulfide) groups is 1. The third-order valence-electron chi connectivity index (χ3n) is 3.35. The number of hydrogen-bond acceptors (Lipinski definition) is 6. The number of aliphatic hydroxyl groups is 1. The number of aliphatic hydroxyl groups excluding tert-OH is 1. The van der Waals surface area contributed by atoms with E-state index in [0.29, 0.717) is 11.9 Å². The number of pyridine rings is 1. The lowest BCUT2D eigenvalue weighted by molar-refractivity contribution is -0.383. The van der Waals surface area contributed by atoms with Gasteiger partial charge in [-0.25, -0.2) is 4.98 Å². The average Bonchev–Trinajstić information content (AvgIpc) is 2.46. The van der Waals surface area contributed by atoms with Crippen LogP contribution < -0.4 is 5.32 Å². The number of nitro groups is 1. The number of benzene rings is 1. The highest BCUT2D eigenvalue weighted by molar-refractivity contribution is 7.98. The van der Waals surface area contributed by atoms with Crippen LogP contribution in [0.15, 0.2) is 24.3 Å². The quantitative estimate of drug-likeness (QED) is 0.602. The van der Waals surface area contributed by atoms with Crippen LogP contribution in [0.2, 0.25) is 0 Å². The van der Waals surface area contributed by atoms with E-state index in [9.17, 15) is 15.2 Å². The van der Waals surface area contributed by atoms with Crippen molar-refractivity contribution in [2.45, 2.75) is 19.4 Å². The van der Waals surface area contributed by atoms with Gasteiger partial charge in [0.1, 0.15) is 0 Å². The number of aromatic nitrogens is 1. The molecule has 0 aliphatic heterocycles. The molecule has 0 radical (unpaired) electrons. The number of nitrogens with zero attached hydrogens (tertiary/aromatic N) is 2. The molecular formula is C15H19N3O3S. The van der Waals surface area contributed by atoms with E-state index in [2.05, 4.69) is 10.3 Å². The van der Waals surface area contributed by atoms with Crippen LogP contribution in [0.5, 0.6) is 0 Å². The summed E-state index contributed by atoms with van der Waals surface area (Å²) in [4.78, 5) is 15.1. The first kappa shape index (κ1) is 16.5. The van der Waals surface area contributed by atoms with Crippen molar-refractivity contribution in [3.05, 3.63) is 40.1 Å². The van der Waals surface area contributed by atoms with Crippen LogP contribution in [-0.4, -0.2) is 39.7 Å². The zero-order chi connectivity index (χ0) is 16.1. The van der Waals surface area contributed by atoms with E-state index in [0.717, 1.165) is 22.5 Å². The van der Waals surface area contributed by atoms with Crippen molar-refractivity contribution in [2.24, 2.45) is 0 Å². The minimum atomic E-state index is -0.411. The molecule has 2 aromatic rings. The van der Waals surface area contributed by atoms with Gasteiger partial charge in [-0.2, -0.15) is 11.8 Å². The zero-order valence-corrected chi connectivity index (χ0v) is 13.4. The van der Waals surface area contributed by atoms with Crippen LogP contribution in [0.3, 0.4) is 0 Å². The Morgan fingerprint density at radius 2 is 2.27 bits per heavy atom. The Labute approximate surface area is 133 Å². The minimum absolute atomic E-state index is 0.00725. The predicted octanol–water partition coefficient (Wildman–Crippen LogP) is 2.98. The first-order valence-corrected chi connectivity index (χ1v) is 8.37. The Bertz CT molecular complexity index is 672. The van der Waals surface area contributed by atoms with Gasteiger partial charge in [0.2, 0.25) is 0 Å². The van der Waals surface area contributed by atoms with E-state index >= 15 is 0 Å². The molecule has 0 amide bonds. The number of non-ortho nitro benzene ring substituents is 1. The van der Waals surface area contributed by atoms with Gasteiger partial charge in [-0.3, -0.25) is 10.1 Å². The highest BCUT2D eigenvalue weighted by Gasteiger charge is 2.17. The SMILES string of the molecule is CSCC(CCO)Nc1cc(C)nc2c([N+](=O)[O-])cccc12. The smallest absolute Gasteiger partial charge is 0.295 e. The molecule has 6 nitrogen and oxygen atoms in total. The molecule has 1 atom stereocenters. The topological polar surface area (TPSA) is 88.3 Å². The summed E-state index contributed by atoms with van der Waals surface area (Å²) in [6, 6.07) is 6.94. The summed E-state index contributed by atoms with van der Waals surface area (Å²) in [5, 5.41) is 24.5. The van der Waals surface area contributed by atoms with E-state index in [1.807, 2.05) is 25.3 Å². The van der Waals surface area contributed by atoms with E-state index in [-0.39, 0.29) is 18.3 Å². The Kier molecular flexibility index (Phi) is 5.57. The number of anilines is 1. The Balaban J connectivity index is 2.49. The lowest BCUT2D eigenvalue weighted by Gasteiger charge is -2.19. The second kappa shape index (κ2) is 7.42. The van der Waals surface area contributed by atoms with Crippen molar-refractivity contribution >= 4 is 34.0 Å². The van der Waals surface area contributed by atoms with Crippen molar-refractivity contribution in [3.8, 4) is 0 Å². The van der Waals surface area contributed by atoms with E-state index < -0.39 is 4.92 Å². The van der Waals surface area contributed by atoms with Gasteiger partial charge in [0.15, 0.2) is 5.52 Å². The Morgan fingerprint density at radius 1 is 1.50 bits per heavy atom. The number of nitrogens with one attached hydrogen (secondary N) is 1. The molecule has 0 bridgehead atoms. The van der Waals surface area contributed by atoms with E-state index in [4.69, 9.17) is 0 Å². The summed E-state index contributed by atoms with van der Waals surface area (Å²) in [5.41, 5.74) is 1.93. The van der Waals surface area contributed by atoms with Gasteiger partial charge in [-0.15, -0.1) is 0 Å². The largest absolute Gasteiger partial charge is 0.396 e. The highest BCUT2D eigenvalue weighted by Crippen LogP contribution is 2.30. The molecule has 0 aliphatic rings. The summed E-state index contributed by atoms with van der Waals surface area (Å²) < 4.78 is 0. The molecule has 0 aliphatic carbocycles. The molecule has 1 aromatic carbocycles. The molecule has 0 saturated heterocycles. The number of para-hydroxylation sites is 1. The maximum Gasteiger partial charge on any atom is 0.295 e. The lowest BCUT2D eigenvalue weighted by Crippen LogP contribution is -2.23. The number of rotatable bonds is 7. The van der Waals surface area contributed by atoms with Gasteiger partial charge in [-0.1, -0.05) is 12.1 Å². The van der Waals surface area contributed by atoms with Crippen LogP contribution in [0.1, 0.15) is 12.1 Å². The minimum Gasteiger partial charge on any atom is -0.396 e. The summed E-state index contributed by atoms with van der Waals surface area (Å²) in [6.07, 6.45) is 2.63. The second-order valence-electron chi connectivity index (χ2n) is 5.05. The number of fused-ring (bicyclic) bond motifs is 1. The summed E-state index contributed by atoms with van der Waals surface area (Å²) in [6.45, 7) is 1.91. The fourth-order valence-electron chi connectivity index (χ4n) is 2.40. The maximum absolute atomic E-state index is 11.2. The molecule has 1 heterocycles. The first-order valence-electron chi connectivity index (χ1n) is 6.98. The fraction of sp³-hybridized carbons (Fsp3) is 0.400. The van der Waals surface area contributed by atoms with Gasteiger partial charge < -0.3 is 10.4 Å². The van der Waals surface area contributed by atoms with E-state index in [1.165, 1.54) is 6.07 Å². The third kappa shape index (κ3) is 3.66. The number of aryl methyl sites for hydroxylation is 1. The molecule has 7 heteroatoms. The standard InChI is InChI=1S/C15H19N3O3S/c1-10-8-13(17-11(6-7-19)9-22-2)12-4-3-5-14(18(20)21)15(12)16-10/h3-5,8,11,19H,6-7,9H2,1-2H3,(H,16,17). The van der Waals surface area contributed by atoms with Gasteiger partial charge >= 0.3 is 0 Å². The van der Waals surface area contributed by atoms with Crippen molar-refractivity contribution < 1.29 is 10.0 Å². The molecule has 0 saturated carbocycles. The number of hydrogen-bond donors (Lipinski definition) is 2. The zero-order valence-electron chi connectivity index (χ0n) is 12.6. The predicted molar refractivity (Wildman–Crippen MR) is 90.6 cm³/mol. The molecular weight excluding hydrogens is 302 g/mol. The van der Waals surface area contributed by atoms with E-state index in [1.54, 1.807) is 17.8 Å². The first-order chi connectivity index (χ1) is 10.6. The fourth-order valence-corrected chi connectivity index (χ4v) is 3.05. The molecule has 22 heavy (non-hydrogen) atoms. The molecule has 0 fully saturated rings. The Hall–Kier alpha value is -1.86. The van der Waals surface area contributed by atoms with Gasteiger partial charge in [-0.05, 0) is 25.7 Å². The molecule has 2 N–H and O–H groups in total. The van der Waals surface area contributed by atoms with Crippen molar-refractivity contribution in [1.29, 1.82) is 0 Å². The average molecular weight is 321 g/mol. The van der Waals surface area contributed by atoms with Gasteiger partial charge in [0.05, 0.1) is 4.92 Å². The van der Waals surface area contributed by atoms with Crippen LogP contribution in [0.4, 0.5) is 11.4 Å². The summed E-state index contributed by atoms with van der Waals surface area (Å²) in [7, 11) is 0. The van der Waals surface area contributed by atoms with Crippen LogP contribution in [0.25, 0.3) is 10.9 Å².